The van der Waals surface area contributed by atoms with Crippen LogP contribution in [0.2, 0.25) is 0 Å². The first kappa shape index (κ1) is 24.6. The molecule has 0 radical (unpaired) electrons. The molecule has 1 atom stereocenters. The molecule has 2 amide bonds. The summed E-state index contributed by atoms with van der Waals surface area (Å²) >= 11 is 0. The number of hydrogen-bond donors (Lipinski definition) is 3. The van der Waals surface area contributed by atoms with Gasteiger partial charge in [-0.25, -0.2) is 0 Å². The summed E-state index contributed by atoms with van der Waals surface area (Å²) in [6, 6.07) is 0. The molecule has 0 bridgehead atoms. The van der Waals surface area contributed by atoms with Crippen LogP contribution in [0.5, 0.6) is 0 Å². The van der Waals surface area contributed by atoms with Crippen molar-refractivity contribution in [3.8, 4) is 0 Å². The highest BCUT2D eigenvalue weighted by Crippen LogP contribution is 2.25. The highest BCUT2D eigenvalue weighted by Gasteiger charge is 2.22. The quantitative estimate of drug-likeness (QED) is 0.469. The largest absolute Gasteiger partial charge is 0.481 e. The van der Waals surface area contributed by atoms with Gasteiger partial charge in [-0.2, -0.15) is 0 Å². The number of nitrogens with one attached hydrogen (secondary N) is 2. The average Bonchev–Trinajstić information content (AvgIpc) is 2.42. The van der Waals surface area contributed by atoms with Gasteiger partial charge in [-0.05, 0) is 17.3 Å². The SMILES string of the molecule is CC(C)(C)CC(=O)NCCC(=O)NCCS(=O)CCC(C)(C)CC(=O)O. The van der Waals surface area contributed by atoms with E-state index >= 15 is 0 Å². The monoisotopic (exact) mass is 390 g/mol. The fraction of sp³-hybridized carbons (Fsp3) is 0.833. The molecule has 0 rings (SSSR count). The molecular formula is C18H34N2O5S. The molecule has 0 heterocycles. The summed E-state index contributed by atoms with van der Waals surface area (Å²) in [4.78, 5) is 34.1. The highest BCUT2D eigenvalue weighted by atomic mass is 32.2. The van der Waals surface area contributed by atoms with Gasteiger partial charge in [-0.3, -0.25) is 18.6 Å². The van der Waals surface area contributed by atoms with Crippen molar-refractivity contribution >= 4 is 28.6 Å². The Hall–Kier alpha value is -1.44. The van der Waals surface area contributed by atoms with Crippen LogP contribution in [0.25, 0.3) is 0 Å². The van der Waals surface area contributed by atoms with Crippen LogP contribution in [0.3, 0.4) is 0 Å². The van der Waals surface area contributed by atoms with Gasteiger partial charge in [0, 0.05) is 48.2 Å². The number of aliphatic carboxylic acids is 1. The fourth-order valence-corrected chi connectivity index (χ4v) is 3.56. The standard InChI is InChI=1S/C18H34N2O5S/c1-17(2,3)12-15(22)19-8-6-14(21)20-9-11-26(25)10-7-18(4,5)13-16(23)24/h6-13H2,1-5H3,(H,19,22)(H,20,21)(H,23,24). The molecule has 3 N–H and O–H groups in total. The van der Waals surface area contributed by atoms with Crippen LogP contribution in [-0.4, -0.2) is 51.7 Å². The minimum atomic E-state index is -1.10. The third-order valence-electron chi connectivity index (χ3n) is 3.65. The summed E-state index contributed by atoms with van der Waals surface area (Å²) in [6.45, 7) is 10.2. The topological polar surface area (TPSA) is 113 Å². The zero-order chi connectivity index (χ0) is 20.4. The minimum Gasteiger partial charge on any atom is -0.481 e. The predicted octanol–water partition coefficient (Wildman–Crippen LogP) is 1.68. The van der Waals surface area contributed by atoms with Gasteiger partial charge < -0.3 is 15.7 Å². The van der Waals surface area contributed by atoms with E-state index in [1.165, 1.54) is 0 Å². The van der Waals surface area contributed by atoms with Crippen molar-refractivity contribution in [2.45, 2.75) is 60.3 Å². The van der Waals surface area contributed by atoms with Gasteiger partial charge in [0.1, 0.15) is 0 Å². The third-order valence-corrected chi connectivity index (χ3v) is 4.97. The van der Waals surface area contributed by atoms with E-state index in [0.717, 1.165) is 0 Å². The van der Waals surface area contributed by atoms with E-state index in [9.17, 15) is 18.6 Å². The molecule has 8 heteroatoms. The molecule has 0 aliphatic rings. The average molecular weight is 391 g/mol. The molecule has 152 valence electrons. The number of carboxylic acids is 1. The van der Waals surface area contributed by atoms with Gasteiger partial charge in [-0.15, -0.1) is 0 Å². The smallest absolute Gasteiger partial charge is 0.303 e. The van der Waals surface area contributed by atoms with Gasteiger partial charge in [0.25, 0.3) is 0 Å². The Balaban J connectivity index is 3.86. The van der Waals surface area contributed by atoms with E-state index in [1.807, 2.05) is 34.6 Å². The van der Waals surface area contributed by atoms with E-state index in [4.69, 9.17) is 5.11 Å². The van der Waals surface area contributed by atoms with Gasteiger partial charge in [0.05, 0.1) is 6.42 Å². The Morgan fingerprint density at radius 1 is 0.885 bits per heavy atom. The van der Waals surface area contributed by atoms with E-state index in [-0.39, 0.29) is 36.6 Å². The van der Waals surface area contributed by atoms with E-state index in [2.05, 4.69) is 10.6 Å². The Morgan fingerprint density at radius 3 is 2.00 bits per heavy atom. The lowest BCUT2D eigenvalue weighted by Crippen LogP contribution is -2.34. The molecule has 1 unspecified atom stereocenters. The van der Waals surface area contributed by atoms with E-state index in [0.29, 0.717) is 30.9 Å². The van der Waals surface area contributed by atoms with Crippen LogP contribution in [-0.2, 0) is 25.2 Å². The maximum Gasteiger partial charge on any atom is 0.303 e. The maximum absolute atomic E-state index is 11.9. The predicted molar refractivity (Wildman–Crippen MR) is 103 cm³/mol. The zero-order valence-corrected chi connectivity index (χ0v) is 17.5. The first-order valence-corrected chi connectivity index (χ1v) is 10.4. The number of hydrogen-bond acceptors (Lipinski definition) is 4. The molecule has 0 fully saturated rings. The van der Waals surface area contributed by atoms with Gasteiger partial charge in [0.2, 0.25) is 11.8 Å². The van der Waals surface area contributed by atoms with Crippen molar-refractivity contribution < 1.29 is 23.7 Å². The van der Waals surface area contributed by atoms with Crippen LogP contribution >= 0.6 is 0 Å². The lowest BCUT2D eigenvalue weighted by molar-refractivity contribution is -0.139. The summed E-state index contributed by atoms with van der Waals surface area (Å²) in [7, 11) is -1.10. The van der Waals surface area contributed by atoms with Crippen molar-refractivity contribution in [2.24, 2.45) is 10.8 Å². The van der Waals surface area contributed by atoms with Gasteiger partial charge in [-0.1, -0.05) is 34.6 Å². The second kappa shape index (κ2) is 11.3. The van der Waals surface area contributed by atoms with Crippen LogP contribution in [0.15, 0.2) is 0 Å². The minimum absolute atomic E-state index is 0.0435. The third kappa shape index (κ3) is 14.9. The molecule has 0 spiro atoms. The van der Waals surface area contributed by atoms with Crippen LogP contribution < -0.4 is 10.6 Å². The molecule has 0 aromatic heterocycles. The summed E-state index contributed by atoms with van der Waals surface area (Å²) < 4.78 is 11.9. The molecule has 26 heavy (non-hydrogen) atoms. The van der Waals surface area contributed by atoms with Gasteiger partial charge >= 0.3 is 5.97 Å². The summed E-state index contributed by atoms with van der Waals surface area (Å²) in [6.07, 6.45) is 1.20. The van der Waals surface area contributed by atoms with Crippen LogP contribution in [0.1, 0.15) is 60.3 Å². The fourth-order valence-electron chi connectivity index (χ4n) is 2.24. The number of rotatable bonds is 12. The van der Waals surface area contributed by atoms with Crippen molar-refractivity contribution in [1.82, 2.24) is 10.6 Å². The zero-order valence-electron chi connectivity index (χ0n) is 16.6. The molecular weight excluding hydrogens is 356 g/mol. The van der Waals surface area contributed by atoms with Crippen LogP contribution in [0, 0.1) is 10.8 Å². The summed E-state index contributed by atoms with van der Waals surface area (Å²) in [5, 5.41) is 14.2. The molecule has 0 aromatic rings. The second-order valence-corrected chi connectivity index (χ2v) is 10.2. The lowest BCUT2D eigenvalue weighted by atomic mass is 9.87. The number of carbonyl (C=O) groups is 3. The molecule has 7 nitrogen and oxygen atoms in total. The summed E-state index contributed by atoms with van der Waals surface area (Å²) in [5.74, 6) is -0.369. The Labute approximate surface area is 159 Å². The second-order valence-electron chi connectivity index (χ2n) is 8.52. The molecule has 0 saturated heterocycles. The maximum atomic E-state index is 11.9. The lowest BCUT2D eigenvalue weighted by Gasteiger charge is -2.21. The number of amides is 2. The molecule has 0 aliphatic heterocycles. The van der Waals surface area contributed by atoms with E-state index in [1.54, 1.807) is 0 Å². The Bertz CT molecular complexity index is 512. The van der Waals surface area contributed by atoms with Gasteiger partial charge in [0.15, 0.2) is 0 Å². The first-order chi connectivity index (χ1) is 11.8. The molecule has 0 saturated carbocycles. The van der Waals surface area contributed by atoms with E-state index < -0.39 is 22.2 Å². The Morgan fingerprint density at radius 2 is 1.46 bits per heavy atom. The number of carboxylic acid groups (broad SMARTS) is 1. The van der Waals surface area contributed by atoms with Crippen LogP contribution in [0.4, 0.5) is 0 Å². The van der Waals surface area contributed by atoms with Crippen molar-refractivity contribution in [2.75, 3.05) is 24.6 Å². The number of carbonyl (C=O) groups excluding carboxylic acids is 2. The van der Waals surface area contributed by atoms with Crippen molar-refractivity contribution in [3.05, 3.63) is 0 Å². The summed E-state index contributed by atoms with van der Waals surface area (Å²) in [5.41, 5.74) is -0.481. The Kier molecular flexibility index (Phi) is 10.7. The normalized spacial score (nSPS) is 13.1. The van der Waals surface area contributed by atoms with Crippen molar-refractivity contribution in [1.29, 1.82) is 0 Å². The molecule has 0 aliphatic carbocycles. The van der Waals surface area contributed by atoms with Crippen molar-refractivity contribution in [3.63, 3.8) is 0 Å². The highest BCUT2D eigenvalue weighted by molar-refractivity contribution is 7.85. The first-order valence-electron chi connectivity index (χ1n) is 8.91. The molecule has 0 aromatic carbocycles.